The van der Waals surface area contributed by atoms with Crippen LogP contribution < -0.4 is 4.73 Å². The molecular formula is C7H8BrNO. The second-order valence-corrected chi connectivity index (χ2v) is 3.09. The van der Waals surface area contributed by atoms with E-state index < -0.39 is 0 Å². The Morgan fingerprint density at radius 1 is 1.30 bits per heavy atom. The minimum Gasteiger partial charge on any atom is -0.619 e. The third kappa shape index (κ3) is 1.29. The lowest BCUT2D eigenvalue weighted by atomic mass is 10.2. The van der Waals surface area contributed by atoms with E-state index in [1.807, 2.05) is 13.8 Å². The van der Waals surface area contributed by atoms with Gasteiger partial charge in [0.1, 0.15) is 0 Å². The topological polar surface area (TPSA) is 26.9 Å². The number of aryl methyl sites for hydroxylation is 2. The van der Waals surface area contributed by atoms with Crippen molar-refractivity contribution in [1.29, 1.82) is 0 Å². The molecule has 0 aliphatic rings. The lowest BCUT2D eigenvalue weighted by Crippen LogP contribution is -2.25. The van der Waals surface area contributed by atoms with Crippen molar-refractivity contribution in [2.24, 2.45) is 0 Å². The molecule has 2 nitrogen and oxygen atoms in total. The fourth-order valence-electron chi connectivity index (χ4n) is 0.843. The summed E-state index contributed by atoms with van der Waals surface area (Å²) in [5.41, 5.74) is 1.94. The molecule has 3 heteroatoms. The molecule has 0 aliphatic heterocycles. The molecule has 0 aromatic carbocycles. The van der Waals surface area contributed by atoms with Crippen LogP contribution in [-0.2, 0) is 0 Å². The van der Waals surface area contributed by atoms with Crippen LogP contribution in [0, 0.1) is 19.1 Å². The smallest absolute Gasteiger partial charge is 0.184 e. The molecule has 1 aromatic rings. The molecule has 0 N–H and O–H groups in total. The number of aromatic nitrogens is 1. The van der Waals surface area contributed by atoms with Crippen molar-refractivity contribution in [3.63, 3.8) is 0 Å². The summed E-state index contributed by atoms with van der Waals surface area (Å²) in [6, 6.07) is 0. The second kappa shape index (κ2) is 2.58. The molecule has 0 radical (unpaired) electrons. The molecular weight excluding hydrogens is 194 g/mol. The summed E-state index contributed by atoms with van der Waals surface area (Å²) in [4.78, 5) is 0. The molecule has 10 heavy (non-hydrogen) atoms. The van der Waals surface area contributed by atoms with E-state index in [0.29, 0.717) is 0 Å². The fraction of sp³-hybridized carbons (Fsp3) is 0.286. The van der Waals surface area contributed by atoms with E-state index in [9.17, 15) is 5.21 Å². The first-order chi connectivity index (χ1) is 4.61. The zero-order chi connectivity index (χ0) is 7.72. The molecule has 0 saturated heterocycles. The quantitative estimate of drug-likeness (QED) is 0.464. The average Bonchev–Trinajstić information content (AvgIpc) is 1.82. The van der Waals surface area contributed by atoms with Crippen LogP contribution in [-0.4, -0.2) is 0 Å². The Kier molecular flexibility index (Phi) is 1.94. The monoisotopic (exact) mass is 201 g/mol. The maximum absolute atomic E-state index is 10.8. The Balaban J connectivity index is 3.31. The SMILES string of the molecule is Cc1c[n+]([O-])cc(C)c1Br. The third-order valence-electron chi connectivity index (χ3n) is 1.33. The Hall–Kier alpha value is -0.570. The predicted octanol–water partition coefficient (Wildman–Crippen LogP) is 1.70. The summed E-state index contributed by atoms with van der Waals surface area (Å²) < 4.78 is 1.83. The van der Waals surface area contributed by atoms with Gasteiger partial charge in [-0.15, -0.1) is 0 Å². The minimum absolute atomic E-state index is 0.815. The minimum atomic E-state index is 0.815. The van der Waals surface area contributed by atoms with Crippen LogP contribution in [0.1, 0.15) is 11.1 Å². The summed E-state index contributed by atoms with van der Waals surface area (Å²) >= 11 is 3.36. The molecule has 0 amide bonds. The van der Waals surface area contributed by atoms with Crippen molar-refractivity contribution in [3.8, 4) is 0 Å². The van der Waals surface area contributed by atoms with Crippen LogP contribution in [0.4, 0.5) is 0 Å². The van der Waals surface area contributed by atoms with Crippen molar-refractivity contribution < 1.29 is 4.73 Å². The van der Waals surface area contributed by atoms with E-state index >= 15 is 0 Å². The Labute approximate surface area is 68.2 Å². The third-order valence-corrected chi connectivity index (χ3v) is 2.59. The van der Waals surface area contributed by atoms with Gasteiger partial charge in [-0.1, -0.05) is 0 Å². The molecule has 1 heterocycles. The van der Waals surface area contributed by atoms with Gasteiger partial charge < -0.3 is 5.21 Å². The van der Waals surface area contributed by atoms with Crippen LogP contribution in [0.25, 0.3) is 0 Å². The van der Waals surface area contributed by atoms with E-state index in [1.54, 1.807) is 0 Å². The number of rotatable bonds is 0. The molecule has 0 spiro atoms. The first-order valence-electron chi connectivity index (χ1n) is 2.97. The Morgan fingerprint density at radius 3 is 2.10 bits per heavy atom. The molecule has 0 unspecified atom stereocenters. The van der Waals surface area contributed by atoms with Gasteiger partial charge in [-0.05, 0) is 29.8 Å². The predicted molar refractivity (Wildman–Crippen MR) is 42.6 cm³/mol. The van der Waals surface area contributed by atoms with Crippen molar-refractivity contribution >= 4 is 15.9 Å². The Bertz CT molecular complexity index is 237. The van der Waals surface area contributed by atoms with Gasteiger partial charge in [-0.3, -0.25) is 0 Å². The van der Waals surface area contributed by atoms with Gasteiger partial charge in [0.15, 0.2) is 12.4 Å². The van der Waals surface area contributed by atoms with Crippen LogP contribution in [0.15, 0.2) is 16.9 Å². The molecule has 0 saturated carbocycles. The molecule has 0 atom stereocenters. The summed E-state index contributed by atoms with van der Waals surface area (Å²) in [5.74, 6) is 0. The van der Waals surface area contributed by atoms with Gasteiger partial charge in [0, 0.05) is 15.6 Å². The Morgan fingerprint density at radius 2 is 1.70 bits per heavy atom. The van der Waals surface area contributed by atoms with Crippen molar-refractivity contribution in [1.82, 2.24) is 0 Å². The molecule has 1 rings (SSSR count). The lowest BCUT2D eigenvalue weighted by molar-refractivity contribution is -0.606. The first-order valence-corrected chi connectivity index (χ1v) is 3.76. The molecule has 1 aromatic heterocycles. The summed E-state index contributed by atoms with van der Waals surface area (Å²) in [7, 11) is 0. The van der Waals surface area contributed by atoms with Crippen LogP contribution in [0.5, 0.6) is 0 Å². The zero-order valence-electron chi connectivity index (χ0n) is 5.89. The molecule has 0 bridgehead atoms. The van der Waals surface area contributed by atoms with E-state index in [4.69, 9.17) is 0 Å². The maximum Gasteiger partial charge on any atom is 0.184 e. The maximum atomic E-state index is 10.8. The van der Waals surface area contributed by atoms with Crippen LogP contribution in [0.3, 0.4) is 0 Å². The zero-order valence-corrected chi connectivity index (χ0v) is 7.47. The highest BCUT2D eigenvalue weighted by atomic mass is 79.9. The number of nitrogens with zero attached hydrogens (tertiary/aromatic N) is 1. The van der Waals surface area contributed by atoms with Gasteiger partial charge in [0.2, 0.25) is 0 Å². The normalized spacial score (nSPS) is 9.90. The van der Waals surface area contributed by atoms with E-state index in [1.165, 1.54) is 12.4 Å². The number of hydrogen-bond donors (Lipinski definition) is 0. The lowest BCUT2D eigenvalue weighted by Gasteiger charge is -2.01. The fourth-order valence-corrected chi connectivity index (χ4v) is 1.05. The molecule has 0 aliphatic carbocycles. The van der Waals surface area contributed by atoms with Crippen molar-refractivity contribution in [3.05, 3.63) is 33.2 Å². The summed E-state index contributed by atoms with van der Waals surface area (Å²) in [6.45, 7) is 3.79. The highest BCUT2D eigenvalue weighted by Gasteiger charge is 2.02. The second-order valence-electron chi connectivity index (χ2n) is 2.30. The number of pyridine rings is 1. The van der Waals surface area contributed by atoms with Crippen LogP contribution >= 0.6 is 15.9 Å². The largest absolute Gasteiger partial charge is 0.619 e. The van der Waals surface area contributed by atoms with Gasteiger partial charge in [-0.25, -0.2) is 0 Å². The van der Waals surface area contributed by atoms with E-state index in [0.717, 1.165) is 20.3 Å². The first kappa shape index (κ1) is 7.54. The standard InChI is InChI=1S/C7H8BrNO/c1-5-3-9(10)4-6(2)7(5)8/h3-4H,1-2H3. The highest BCUT2D eigenvalue weighted by molar-refractivity contribution is 9.10. The summed E-state index contributed by atoms with van der Waals surface area (Å²) in [5, 5.41) is 10.8. The molecule has 54 valence electrons. The summed E-state index contributed by atoms with van der Waals surface area (Å²) in [6.07, 6.45) is 3.08. The van der Waals surface area contributed by atoms with Gasteiger partial charge >= 0.3 is 0 Å². The van der Waals surface area contributed by atoms with Crippen molar-refractivity contribution in [2.75, 3.05) is 0 Å². The number of halogens is 1. The number of hydrogen-bond acceptors (Lipinski definition) is 1. The average molecular weight is 202 g/mol. The van der Waals surface area contributed by atoms with Gasteiger partial charge in [0.25, 0.3) is 0 Å². The van der Waals surface area contributed by atoms with Gasteiger partial charge in [-0.2, -0.15) is 4.73 Å². The molecule has 0 fully saturated rings. The van der Waals surface area contributed by atoms with Crippen LogP contribution in [0.2, 0.25) is 0 Å². The van der Waals surface area contributed by atoms with Gasteiger partial charge in [0.05, 0.1) is 0 Å². The van der Waals surface area contributed by atoms with E-state index in [2.05, 4.69) is 15.9 Å². The van der Waals surface area contributed by atoms with Crippen molar-refractivity contribution in [2.45, 2.75) is 13.8 Å². The highest BCUT2D eigenvalue weighted by Crippen LogP contribution is 2.17. The van der Waals surface area contributed by atoms with E-state index in [-0.39, 0.29) is 0 Å².